The highest BCUT2D eigenvalue weighted by Crippen LogP contribution is 2.36. The van der Waals surface area contributed by atoms with E-state index in [-0.39, 0.29) is 6.04 Å². The standard InChI is InChI=1S/C22H24BF2N3O2/c1-13(14-6-8-17(24)18(25)11-14)27-20-26-12-15-10-16(7-9-19(15)28-20)23-29-21(2,3)22(4,5)30-23/h6-13H,1-5H3,(H,26,27,28)/t13-/m1/s1. The number of nitrogens with zero attached hydrogens (tertiary/aromatic N) is 2. The number of fused-ring (bicyclic) bond motifs is 1. The zero-order valence-corrected chi connectivity index (χ0v) is 17.7. The average molecular weight is 411 g/mol. The van der Waals surface area contributed by atoms with E-state index in [0.717, 1.165) is 22.4 Å². The first kappa shape index (κ1) is 20.7. The van der Waals surface area contributed by atoms with Gasteiger partial charge >= 0.3 is 7.12 Å². The van der Waals surface area contributed by atoms with Crippen LogP contribution < -0.4 is 10.8 Å². The molecule has 0 aliphatic carbocycles. The first-order valence-corrected chi connectivity index (χ1v) is 9.89. The van der Waals surface area contributed by atoms with E-state index in [4.69, 9.17) is 9.31 Å². The maximum absolute atomic E-state index is 13.5. The number of anilines is 1. The van der Waals surface area contributed by atoms with Crippen molar-refractivity contribution in [2.24, 2.45) is 0 Å². The molecular weight excluding hydrogens is 387 g/mol. The molecule has 1 fully saturated rings. The van der Waals surface area contributed by atoms with Gasteiger partial charge in [-0.15, -0.1) is 0 Å². The number of hydrogen-bond donors (Lipinski definition) is 1. The van der Waals surface area contributed by atoms with E-state index in [9.17, 15) is 8.78 Å². The van der Waals surface area contributed by atoms with Crippen LogP contribution in [0.3, 0.4) is 0 Å². The zero-order chi connectivity index (χ0) is 21.7. The Kier molecular flexibility index (Phi) is 5.02. The van der Waals surface area contributed by atoms with E-state index in [1.807, 2.05) is 52.8 Å². The van der Waals surface area contributed by atoms with Crippen LogP contribution in [0.2, 0.25) is 0 Å². The largest absolute Gasteiger partial charge is 0.494 e. The van der Waals surface area contributed by atoms with Crippen molar-refractivity contribution in [2.45, 2.75) is 51.9 Å². The van der Waals surface area contributed by atoms with Gasteiger partial charge in [0.1, 0.15) is 0 Å². The maximum Gasteiger partial charge on any atom is 0.494 e. The number of hydrogen-bond acceptors (Lipinski definition) is 5. The summed E-state index contributed by atoms with van der Waals surface area (Å²) < 4.78 is 38.9. The van der Waals surface area contributed by atoms with Gasteiger partial charge in [-0.1, -0.05) is 18.2 Å². The van der Waals surface area contributed by atoms with Gasteiger partial charge in [0.2, 0.25) is 5.95 Å². The molecule has 0 radical (unpaired) electrons. The monoisotopic (exact) mass is 411 g/mol. The molecule has 2 heterocycles. The van der Waals surface area contributed by atoms with Crippen molar-refractivity contribution in [1.29, 1.82) is 0 Å². The van der Waals surface area contributed by atoms with Gasteiger partial charge in [-0.25, -0.2) is 18.7 Å². The van der Waals surface area contributed by atoms with E-state index < -0.39 is 30.0 Å². The van der Waals surface area contributed by atoms with E-state index in [0.29, 0.717) is 11.5 Å². The van der Waals surface area contributed by atoms with Crippen molar-refractivity contribution in [3.8, 4) is 0 Å². The normalized spacial score (nSPS) is 18.6. The minimum Gasteiger partial charge on any atom is -0.399 e. The van der Waals surface area contributed by atoms with Crippen molar-refractivity contribution in [2.75, 3.05) is 5.32 Å². The first-order valence-electron chi connectivity index (χ1n) is 9.89. The highest BCUT2D eigenvalue weighted by molar-refractivity contribution is 6.62. The van der Waals surface area contributed by atoms with Crippen molar-refractivity contribution >= 4 is 29.4 Å². The molecule has 4 rings (SSSR count). The highest BCUT2D eigenvalue weighted by atomic mass is 19.2. The van der Waals surface area contributed by atoms with Gasteiger partial charge in [-0.3, -0.25) is 0 Å². The zero-order valence-electron chi connectivity index (χ0n) is 17.7. The fourth-order valence-corrected chi connectivity index (χ4v) is 3.31. The van der Waals surface area contributed by atoms with Crippen LogP contribution in [0.25, 0.3) is 10.9 Å². The second-order valence-corrected chi connectivity index (χ2v) is 8.64. The summed E-state index contributed by atoms with van der Waals surface area (Å²) in [5.74, 6) is -1.34. The molecule has 1 aliphatic heterocycles. The Morgan fingerprint density at radius 3 is 2.33 bits per heavy atom. The van der Waals surface area contributed by atoms with Gasteiger partial charge in [0.15, 0.2) is 11.6 Å². The lowest BCUT2D eigenvalue weighted by Crippen LogP contribution is -2.41. The molecule has 5 nitrogen and oxygen atoms in total. The molecule has 1 atom stereocenters. The Bertz CT molecular complexity index is 1090. The molecule has 0 unspecified atom stereocenters. The molecule has 0 amide bonds. The summed E-state index contributed by atoms with van der Waals surface area (Å²) in [5, 5.41) is 3.98. The minimum atomic E-state index is -0.879. The van der Waals surface area contributed by atoms with Crippen LogP contribution in [0, 0.1) is 11.6 Å². The van der Waals surface area contributed by atoms with Crippen LogP contribution in [-0.4, -0.2) is 28.3 Å². The molecule has 1 aliphatic rings. The Morgan fingerprint density at radius 2 is 1.67 bits per heavy atom. The van der Waals surface area contributed by atoms with Gasteiger partial charge in [0.05, 0.1) is 22.8 Å². The first-order chi connectivity index (χ1) is 14.1. The van der Waals surface area contributed by atoms with Crippen LogP contribution in [0.4, 0.5) is 14.7 Å². The predicted molar refractivity (Wildman–Crippen MR) is 114 cm³/mol. The highest BCUT2D eigenvalue weighted by Gasteiger charge is 2.51. The van der Waals surface area contributed by atoms with Crippen LogP contribution in [0.1, 0.15) is 46.2 Å². The fraction of sp³-hybridized carbons (Fsp3) is 0.364. The number of rotatable bonds is 4. The molecular formula is C22H24BF2N3O2. The fourth-order valence-electron chi connectivity index (χ4n) is 3.31. The molecule has 0 saturated carbocycles. The second kappa shape index (κ2) is 7.28. The Morgan fingerprint density at radius 1 is 0.967 bits per heavy atom. The van der Waals surface area contributed by atoms with Crippen molar-refractivity contribution in [3.63, 3.8) is 0 Å². The Labute approximate surface area is 175 Å². The SMILES string of the molecule is C[C@@H](Nc1ncc2cc(B3OC(C)(C)C(C)(C)O3)ccc2n1)c1ccc(F)c(F)c1. The summed E-state index contributed by atoms with van der Waals surface area (Å²) in [6, 6.07) is 9.31. The molecule has 8 heteroatoms. The third-order valence-corrected chi connectivity index (χ3v) is 5.92. The second-order valence-electron chi connectivity index (χ2n) is 8.64. The van der Waals surface area contributed by atoms with Gasteiger partial charge in [0, 0.05) is 11.6 Å². The predicted octanol–water partition coefficient (Wildman–Crippen LogP) is 4.38. The Balaban J connectivity index is 1.54. The summed E-state index contributed by atoms with van der Waals surface area (Å²) in [5.41, 5.74) is 1.44. The van der Waals surface area contributed by atoms with Gasteiger partial charge in [-0.05, 0) is 63.8 Å². The van der Waals surface area contributed by atoms with Crippen molar-refractivity contribution < 1.29 is 18.1 Å². The van der Waals surface area contributed by atoms with Crippen molar-refractivity contribution in [3.05, 3.63) is 59.8 Å². The lowest BCUT2D eigenvalue weighted by Gasteiger charge is -2.32. The molecule has 30 heavy (non-hydrogen) atoms. The lowest BCUT2D eigenvalue weighted by molar-refractivity contribution is 0.00578. The molecule has 1 saturated heterocycles. The summed E-state index contributed by atoms with van der Waals surface area (Å²) in [7, 11) is -0.453. The molecule has 2 aromatic carbocycles. The van der Waals surface area contributed by atoms with E-state index in [1.54, 1.807) is 6.20 Å². The smallest absolute Gasteiger partial charge is 0.399 e. The van der Waals surface area contributed by atoms with Crippen molar-refractivity contribution in [1.82, 2.24) is 9.97 Å². The molecule has 1 aromatic heterocycles. The van der Waals surface area contributed by atoms with Gasteiger partial charge in [-0.2, -0.15) is 0 Å². The lowest BCUT2D eigenvalue weighted by atomic mass is 9.78. The summed E-state index contributed by atoms with van der Waals surface area (Å²) in [6.07, 6.45) is 1.72. The van der Waals surface area contributed by atoms with Gasteiger partial charge < -0.3 is 14.6 Å². The van der Waals surface area contributed by atoms with E-state index in [2.05, 4.69) is 15.3 Å². The molecule has 0 bridgehead atoms. The third kappa shape index (κ3) is 3.77. The topological polar surface area (TPSA) is 56.3 Å². The molecule has 156 valence electrons. The van der Waals surface area contributed by atoms with Crippen LogP contribution in [0.15, 0.2) is 42.6 Å². The van der Waals surface area contributed by atoms with E-state index in [1.165, 1.54) is 12.1 Å². The number of nitrogens with one attached hydrogen (secondary N) is 1. The van der Waals surface area contributed by atoms with Gasteiger partial charge in [0.25, 0.3) is 0 Å². The number of benzene rings is 2. The summed E-state index contributed by atoms with van der Waals surface area (Å²) in [6.45, 7) is 9.90. The number of aromatic nitrogens is 2. The quantitative estimate of drug-likeness (QED) is 0.646. The van der Waals surface area contributed by atoms with E-state index >= 15 is 0 Å². The average Bonchev–Trinajstić information content (AvgIpc) is 2.90. The summed E-state index contributed by atoms with van der Waals surface area (Å²) >= 11 is 0. The summed E-state index contributed by atoms with van der Waals surface area (Å²) in [4.78, 5) is 8.90. The van der Waals surface area contributed by atoms with Crippen LogP contribution in [0.5, 0.6) is 0 Å². The minimum absolute atomic E-state index is 0.290. The maximum atomic E-state index is 13.5. The number of halogens is 2. The van der Waals surface area contributed by atoms with Crippen LogP contribution >= 0.6 is 0 Å². The Hall–Kier alpha value is -2.58. The van der Waals surface area contributed by atoms with Crippen LogP contribution in [-0.2, 0) is 9.31 Å². The molecule has 3 aromatic rings. The molecule has 0 spiro atoms. The molecule has 1 N–H and O–H groups in total. The third-order valence-electron chi connectivity index (χ3n) is 5.92.